The molecule has 0 radical (unpaired) electrons. The van der Waals surface area contributed by atoms with Crippen molar-refractivity contribution in [2.24, 2.45) is 0 Å². The van der Waals surface area contributed by atoms with Crippen molar-refractivity contribution < 1.29 is 22.6 Å². The molecule has 3 aromatic rings. The number of aryl methyl sites for hydroxylation is 2. The van der Waals surface area contributed by atoms with Crippen LogP contribution < -0.4 is 18.9 Å². The van der Waals surface area contributed by atoms with Gasteiger partial charge < -0.3 is 14.2 Å². The van der Waals surface area contributed by atoms with Crippen LogP contribution in [-0.2, 0) is 16.4 Å². The number of hydrogen-bond donors (Lipinski definition) is 1. The lowest BCUT2D eigenvalue weighted by molar-refractivity contribution is 0.171. The molecule has 31 heavy (non-hydrogen) atoms. The van der Waals surface area contributed by atoms with Gasteiger partial charge in [-0.1, -0.05) is 13.0 Å². The van der Waals surface area contributed by atoms with E-state index in [9.17, 15) is 8.42 Å². The number of fused-ring (bicyclic) bond motifs is 1. The normalized spacial score (nSPS) is 13.0. The number of anilines is 1. The van der Waals surface area contributed by atoms with Gasteiger partial charge in [0.15, 0.2) is 11.5 Å². The third-order valence-electron chi connectivity index (χ3n) is 5.07. The number of rotatable bonds is 6. The Morgan fingerprint density at radius 1 is 1.06 bits per heavy atom. The van der Waals surface area contributed by atoms with Gasteiger partial charge in [-0.2, -0.15) is 0 Å². The third kappa shape index (κ3) is 4.29. The summed E-state index contributed by atoms with van der Waals surface area (Å²) in [7, 11) is -2.25. The molecule has 2 heterocycles. The minimum atomic E-state index is -3.83. The summed E-state index contributed by atoms with van der Waals surface area (Å²) in [4.78, 5) is 4.70. The molecular weight excluding hydrogens is 416 g/mol. The van der Waals surface area contributed by atoms with E-state index in [1.807, 2.05) is 31.2 Å². The molecule has 0 spiro atoms. The lowest BCUT2D eigenvalue weighted by Crippen LogP contribution is -2.16. The first-order valence-corrected chi connectivity index (χ1v) is 11.5. The number of aromatic nitrogens is 1. The van der Waals surface area contributed by atoms with Crippen LogP contribution in [0.3, 0.4) is 0 Å². The minimum absolute atomic E-state index is 0.205. The predicted molar refractivity (Wildman–Crippen MR) is 119 cm³/mol. The van der Waals surface area contributed by atoms with Crippen LogP contribution >= 0.6 is 0 Å². The van der Waals surface area contributed by atoms with E-state index in [1.54, 1.807) is 38.3 Å². The summed E-state index contributed by atoms with van der Waals surface area (Å²) in [5, 5.41) is 0. The Hall–Kier alpha value is -3.26. The molecule has 0 atom stereocenters. The van der Waals surface area contributed by atoms with Crippen molar-refractivity contribution in [3.8, 4) is 28.5 Å². The fourth-order valence-corrected chi connectivity index (χ4v) is 4.79. The first-order valence-electron chi connectivity index (χ1n) is 9.98. The van der Waals surface area contributed by atoms with E-state index in [-0.39, 0.29) is 10.7 Å². The zero-order valence-electron chi connectivity index (χ0n) is 17.6. The van der Waals surface area contributed by atoms with Crippen LogP contribution in [0.15, 0.2) is 53.4 Å². The highest BCUT2D eigenvalue weighted by molar-refractivity contribution is 7.92. The number of hydrogen-bond acceptors (Lipinski definition) is 6. The van der Waals surface area contributed by atoms with Crippen molar-refractivity contribution in [2.45, 2.75) is 25.2 Å². The van der Waals surface area contributed by atoms with Gasteiger partial charge in [-0.05, 0) is 66.9 Å². The first-order chi connectivity index (χ1) is 14.9. The number of nitrogens with zero attached hydrogens (tertiary/aromatic N) is 1. The molecule has 0 aliphatic carbocycles. The molecule has 4 rings (SSSR count). The van der Waals surface area contributed by atoms with Crippen LogP contribution in [0.1, 0.15) is 18.1 Å². The highest BCUT2D eigenvalue weighted by atomic mass is 32.2. The Labute approximate surface area is 182 Å². The molecule has 8 heteroatoms. The number of nitrogens with one attached hydrogen (secondary N) is 1. The summed E-state index contributed by atoms with van der Waals surface area (Å²) in [6.07, 6.45) is 0.657. The van der Waals surface area contributed by atoms with Crippen molar-refractivity contribution in [1.82, 2.24) is 4.98 Å². The van der Waals surface area contributed by atoms with Crippen LogP contribution in [0.4, 0.5) is 5.82 Å². The van der Waals surface area contributed by atoms with Crippen molar-refractivity contribution in [1.29, 1.82) is 0 Å². The Kier molecular flexibility index (Phi) is 5.73. The standard InChI is InChI=1S/C23H24N2O5S/c1-4-16-14-22(15(2)12-20(16)28-3)31(26,27)25-23-7-5-6-18(24-23)17-8-9-19-21(13-17)30-11-10-29-19/h5-9,12-14H,4,10-11H2,1-3H3,(H,24,25). The molecule has 7 nitrogen and oxygen atoms in total. The molecule has 1 aliphatic rings. The average molecular weight is 441 g/mol. The van der Waals surface area contributed by atoms with Gasteiger partial charge >= 0.3 is 0 Å². The van der Waals surface area contributed by atoms with Crippen LogP contribution in [0, 0.1) is 6.92 Å². The van der Waals surface area contributed by atoms with Gasteiger partial charge in [-0.15, -0.1) is 0 Å². The second kappa shape index (κ2) is 8.47. The Morgan fingerprint density at radius 3 is 2.58 bits per heavy atom. The molecule has 0 saturated carbocycles. The highest BCUT2D eigenvalue weighted by Crippen LogP contribution is 2.34. The maximum atomic E-state index is 13.1. The maximum Gasteiger partial charge on any atom is 0.263 e. The fourth-order valence-electron chi connectivity index (χ4n) is 3.51. The van der Waals surface area contributed by atoms with Crippen LogP contribution in [0.5, 0.6) is 17.2 Å². The molecule has 0 fully saturated rings. The third-order valence-corrected chi connectivity index (χ3v) is 6.57. The smallest absolute Gasteiger partial charge is 0.263 e. The number of pyridine rings is 1. The van der Waals surface area contributed by atoms with Gasteiger partial charge in [-0.3, -0.25) is 4.72 Å². The van der Waals surface area contributed by atoms with Gasteiger partial charge in [0, 0.05) is 5.56 Å². The van der Waals surface area contributed by atoms with Crippen molar-refractivity contribution >= 4 is 15.8 Å². The summed E-state index contributed by atoms with van der Waals surface area (Å²) in [6.45, 7) is 4.71. The minimum Gasteiger partial charge on any atom is -0.496 e. The molecule has 0 unspecified atom stereocenters. The van der Waals surface area contributed by atoms with Crippen LogP contribution in [-0.4, -0.2) is 33.7 Å². The average Bonchev–Trinajstić information content (AvgIpc) is 2.78. The molecule has 162 valence electrons. The quantitative estimate of drug-likeness (QED) is 0.618. The summed E-state index contributed by atoms with van der Waals surface area (Å²) < 4.78 is 45.4. The number of sulfonamides is 1. The Bertz CT molecular complexity index is 1220. The summed E-state index contributed by atoms with van der Waals surface area (Å²) in [5.74, 6) is 2.25. The molecule has 0 amide bonds. The van der Waals surface area contributed by atoms with E-state index in [0.717, 1.165) is 11.1 Å². The largest absolute Gasteiger partial charge is 0.496 e. The van der Waals surface area contributed by atoms with Gasteiger partial charge in [0.1, 0.15) is 24.8 Å². The van der Waals surface area contributed by atoms with Gasteiger partial charge in [0.05, 0.1) is 17.7 Å². The Balaban J connectivity index is 1.65. The SMILES string of the molecule is CCc1cc(S(=O)(=O)Nc2cccc(-c3ccc4c(c3)OCCO4)n2)c(C)cc1OC. The van der Waals surface area contributed by atoms with Gasteiger partial charge in [-0.25, -0.2) is 13.4 Å². The molecule has 0 saturated heterocycles. The van der Waals surface area contributed by atoms with E-state index < -0.39 is 10.0 Å². The second-order valence-electron chi connectivity index (χ2n) is 7.16. The van der Waals surface area contributed by atoms with E-state index in [0.29, 0.717) is 48.1 Å². The zero-order chi connectivity index (χ0) is 22.0. The number of benzene rings is 2. The fraction of sp³-hybridized carbons (Fsp3) is 0.261. The van der Waals surface area contributed by atoms with E-state index in [4.69, 9.17) is 14.2 Å². The van der Waals surface area contributed by atoms with Gasteiger partial charge in [0.2, 0.25) is 0 Å². The van der Waals surface area contributed by atoms with E-state index in [1.165, 1.54) is 0 Å². The molecule has 1 aromatic heterocycles. The topological polar surface area (TPSA) is 86.8 Å². The lowest BCUT2D eigenvalue weighted by atomic mass is 10.1. The number of methoxy groups -OCH3 is 1. The monoisotopic (exact) mass is 440 g/mol. The van der Waals surface area contributed by atoms with Crippen molar-refractivity contribution in [3.63, 3.8) is 0 Å². The summed E-state index contributed by atoms with van der Waals surface area (Å²) in [5.41, 5.74) is 2.85. The summed E-state index contributed by atoms with van der Waals surface area (Å²) in [6, 6.07) is 14.1. The summed E-state index contributed by atoms with van der Waals surface area (Å²) >= 11 is 0. The first kappa shape index (κ1) is 21.0. The molecule has 0 bridgehead atoms. The zero-order valence-corrected chi connectivity index (χ0v) is 18.5. The molecule has 1 aliphatic heterocycles. The Morgan fingerprint density at radius 2 is 1.84 bits per heavy atom. The van der Waals surface area contributed by atoms with Crippen LogP contribution in [0.25, 0.3) is 11.3 Å². The highest BCUT2D eigenvalue weighted by Gasteiger charge is 2.21. The van der Waals surface area contributed by atoms with E-state index in [2.05, 4.69) is 9.71 Å². The molecule has 2 aromatic carbocycles. The van der Waals surface area contributed by atoms with E-state index >= 15 is 0 Å². The lowest BCUT2D eigenvalue weighted by Gasteiger charge is -2.19. The molecular formula is C23H24N2O5S. The predicted octanol–water partition coefficient (Wildman–Crippen LogP) is 4.20. The van der Waals surface area contributed by atoms with Crippen LogP contribution in [0.2, 0.25) is 0 Å². The number of ether oxygens (including phenoxy) is 3. The van der Waals surface area contributed by atoms with Crippen molar-refractivity contribution in [2.75, 3.05) is 25.0 Å². The molecule has 1 N–H and O–H groups in total. The van der Waals surface area contributed by atoms with Gasteiger partial charge in [0.25, 0.3) is 10.0 Å². The second-order valence-corrected chi connectivity index (χ2v) is 8.81. The van der Waals surface area contributed by atoms with Crippen molar-refractivity contribution in [3.05, 3.63) is 59.7 Å². The maximum absolute atomic E-state index is 13.1.